The lowest BCUT2D eigenvalue weighted by Gasteiger charge is -2.35. The zero-order valence-corrected chi connectivity index (χ0v) is 18.1. The van der Waals surface area contributed by atoms with Crippen molar-refractivity contribution in [2.45, 2.75) is 37.6 Å². The fourth-order valence-corrected chi connectivity index (χ4v) is 4.53. The molecule has 0 aromatic heterocycles. The second kappa shape index (κ2) is 9.42. The number of hydrogen-bond donors (Lipinski definition) is 2. The number of nitrogens with one attached hydrogen (secondary N) is 1. The second-order valence-corrected chi connectivity index (χ2v) is 8.54. The zero-order valence-electron chi connectivity index (χ0n) is 18.1. The van der Waals surface area contributed by atoms with Crippen molar-refractivity contribution in [3.63, 3.8) is 0 Å². The molecule has 32 heavy (non-hydrogen) atoms. The summed E-state index contributed by atoms with van der Waals surface area (Å²) >= 11 is 0. The summed E-state index contributed by atoms with van der Waals surface area (Å²) in [5, 5.41) is 11.6. The van der Waals surface area contributed by atoms with Crippen LogP contribution in [0, 0.1) is 5.92 Å². The molecule has 2 aliphatic rings. The summed E-state index contributed by atoms with van der Waals surface area (Å²) in [6, 6.07) is 15.5. The number of aliphatic carboxylic acids is 1. The highest BCUT2D eigenvalue weighted by Gasteiger charge is 2.36. The minimum Gasteiger partial charge on any atom is -0.481 e. The van der Waals surface area contributed by atoms with Gasteiger partial charge in [0.2, 0.25) is 5.91 Å². The Labute approximate surface area is 187 Å². The molecule has 0 heterocycles. The number of hydrogen-bond acceptors (Lipinski definition) is 4. The van der Waals surface area contributed by atoms with E-state index < -0.39 is 18.1 Å². The molecule has 1 atom stereocenters. The summed E-state index contributed by atoms with van der Waals surface area (Å²) in [5.74, 6) is -1.24. The predicted octanol–water partition coefficient (Wildman–Crippen LogP) is 3.63. The van der Waals surface area contributed by atoms with E-state index in [9.17, 15) is 14.4 Å². The van der Waals surface area contributed by atoms with Crippen molar-refractivity contribution in [3.8, 4) is 11.1 Å². The third-order valence-electron chi connectivity index (χ3n) is 6.54. The molecule has 0 saturated heterocycles. The highest BCUT2D eigenvalue weighted by Crippen LogP contribution is 2.44. The maximum atomic E-state index is 12.9. The fraction of sp³-hybridized carbons (Fsp3) is 0.400. The third kappa shape index (κ3) is 4.47. The van der Waals surface area contributed by atoms with Crippen LogP contribution in [0.5, 0.6) is 0 Å². The normalized spacial score (nSPS) is 15.8. The highest BCUT2D eigenvalue weighted by molar-refractivity contribution is 5.86. The van der Waals surface area contributed by atoms with Gasteiger partial charge in [-0.3, -0.25) is 9.59 Å². The Morgan fingerprint density at radius 1 is 1.06 bits per heavy atom. The Kier molecular flexibility index (Phi) is 6.44. The van der Waals surface area contributed by atoms with Gasteiger partial charge in [0, 0.05) is 19.5 Å². The van der Waals surface area contributed by atoms with Gasteiger partial charge in [-0.1, -0.05) is 55.0 Å². The smallest absolute Gasteiger partial charge is 0.407 e. The molecule has 2 aromatic rings. The van der Waals surface area contributed by atoms with Crippen LogP contribution >= 0.6 is 0 Å². The number of likely N-dealkylation sites (N-methyl/N-ethyl adjacent to an activating group) is 1. The summed E-state index contributed by atoms with van der Waals surface area (Å²) in [6.45, 7) is 0.282. The van der Waals surface area contributed by atoms with E-state index in [0.29, 0.717) is 0 Å². The van der Waals surface area contributed by atoms with Crippen molar-refractivity contribution in [1.29, 1.82) is 0 Å². The van der Waals surface area contributed by atoms with Gasteiger partial charge in [0.05, 0.1) is 6.42 Å². The molecule has 4 rings (SSSR count). The quantitative estimate of drug-likeness (QED) is 0.659. The molecule has 2 aliphatic carbocycles. The van der Waals surface area contributed by atoms with Crippen molar-refractivity contribution in [2.75, 3.05) is 20.2 Å². The van der Waals surface area contributed by atoms with E-state index in [2.05, 4.69) is 29.6 Å². The number of carbonyl (C=O) groups excluding carboxylic acids is 2. The molecule has 2 amide bonds. The average Bonchev–Trinajstić information content (AvgIpc) is 3.07. The molecule has 0 spiro atoms. The number of nitrogens with zero attached hydrogens (tertiary/aromatic N) is 1. The first kappa shape index (κ1) is 21.9. The molecule has 2 aromatic carbocycles. The molecular weight excluding hydrogens is 408 g/mol. The molecule has 168 valence electrons. The van der Waals surface area contributed by atoms with Crippen molar-refractivity contribution in [1.82, 2.24) is 10.2 Å². The number of ether oxygens (including phenoxy) is 1. The number of fused-ring (bicyclic) bond motifs is 3. The van der Waals surface area contributed by atoms with Crippen LogP contribution in [0.2, 0.25) is 0 Å². The molecule has 7 heteroatoms. The van der Waals surface area contributed by atoms with Crippen LogP contribution in [0.3, 0.4) is 0 Å². The second-order valence-electron chi connectivity index (χ2n) is 8.54. The first-order valence-corrected chi connectivity index (χ1v) is 11.0. The molecular formula is C25H28N2O5. The lowest BCUT2D eigenvalue weighted by molar-refractivity contribution is -0.139. The van der Waals surface area contributed by atoms with Crippen molar-refractivity contribution >= 4 is 18.0 Å². The number of amides is 2. The predicted molar refractivity (Wildman–Crippen MR) is 119 cm³/mol. The van der Waals surface area contributed by atoms with Gasteiger partial charge in [-0.15, -0.1) is 0 Å². The van der Waals surface area contributed by atoms with E-state index in [1.165, 1.54) is 4.90 Å². The maximum Gasteiger partial charge on any atom is 0.407 e. The largest absolute Gasteiger partial charge is 0.481 e. The molecule has 7 nitrogen and oxygen atoms in total. The molecule has 1 unspecified atom stereocenters. The van der Waals surface area contributed by atoms with Gasteiger partial charge in [-0.2, -0.15) is 0 Å². The van der Waals surface area contributed by atoms with Gasteiger partial charge < -0.3 is 20.1 Å². The molecule has 0 bridgehead atoms. The Bertz CT molecular complexity index is 971. The number of alkyl carbamates (subject to hydrolysis) is 1. The minimum absolute atomic E-state index is 0.0512. The van der Waals surface area contributed by atoms with Crippen LogP contribution in [0.1, 0.15) is 42.7 Å². The van der Waals surface area contributed by atoms with Gasteiger partial charge in [0.25, 0.3) is 0 Å². The lowest BCUT2D eigenvalue weighted by atomic mass is 9.79. The number of benzene rings is 2. The summed E-state index contributed by atoms with van der Waals surface area (Å²) in [7, 11) is 1.57. The Morgan fingerprint density at radius 3 is 2.19 bits per heavy atom. The van der Waals surface area contributed by atoms with Gasteiger partial charge >= 0.3 is 12.1 Å². The Hall–Kier alpha value is -3.35. The monoisotopic (exact) mass is 436 g/mol. The van der Waals surface area contributed by atoms with E-state index in [1.54, 1.807) is 7.05 Å². The molecule has 1 fully saturated rings. The topological polar surface area (TPSA) is 95.9 Å². The highest BCUT2D eigenvalue weighted by atomic mass is 16.5. The van der Waals surface area contributed by atoms with E-state index >= 15 is 0 Å². The van der Waals surface area contributed by atoms with E-state index in [0.717, 1.165) is 41.5 Å². The van der Waals surface area contributed by atoms with Gasteiger partial charge in [0.1, 0.15) is 12.6 Å². The molecule has 0 radical (unpaired) electrons. The number of rotatable bonds is 8. The summed E-state index contributed by atoms with van der Waals surface area (Å²) in [5.41, 5.74) is 4.56. The molecule has 0 aliphatic heterocycles. The van der Waals surface area contributed by atoms with Crippen LogP contribution in [0.25, 0.3) is 11.1 Å². The van der Waals surface area contributed by atoms with Gasteiger partial charge in [-0.25, -0.2) is 4.79 Å². The van der Waals surface area contributed by atoms with Crippen LogP contribution in [0.4, 0.5) is 4.79 Å². The zero-order chi connectivity index (χ0) is 22.7. The number of carboxylic acids is 1. The first-order chi connectivity index (χ1) is 15.5. The molecule has 2 N–H and O–H groups in total. The number of carboxylic acid groups (broad SMARTS) is 1. The lowest BCUT2D eigenvalue weighted by Crippen LogP contribution is -2.53. The van der Waals surface area contributed by atoms with E-state index in [4.69, 9.17) is 9.84 Å². The SMILES string of the molecule is CN(CCC(=O)O)C(=O)C(NC(=O)OCC1c2ccccc2-c2ccccc21)C1CCC1. The van der Waals surface area contributed by atoms with Crippen LogP contribution < -0.4 is 5.32 Å². The average molecular weight is 437 g/mol. The Morgan fingerprint density at radius 2 is 1.66 bits per heavy atom. The summed E-state index contributed by atoms with van der Waals surface area (Å²) in [4.78, 5) is 37.8. The summed E-state index contributed by atoms with van der Waals surface area (Å²) < 4.78 is 5.60. The van der Waals surface area contributed by atoms with Gasteiger partial charge in [-0.05, 0) is 41.0 Å². The van der Waals surface area contributed by atoms with Crippen LogP contribution in [0.15, 0.2) is 48.5 Å². The van der Waals surface area contributed by atoms with Crippen molar-refractivity contribution in [2.24, 2.45) is 5.92 Å². The van der Waals surface area contributed by atoms with Crippen LogP contribution in [-0.2, 0) is 14.3 Å². The van der Waals surface area contributed by atoms with Crippen molar-refractivity contribution < 1.29 is 24.2 Å². The maximum absolute atomic E-state index is 12.9. The standard InChI is InChI=1S/C25H28N2O5/c1-27(14-13-22(28)29)24(30)23(16-7-6-8-16)26-25(31)32-15-21-19-11-4-2-9-17(19)18-10-3-5-12-20(18)21/h2-5,9-12,16,21,23H,6-8,13-15H2,1H3,(H,26,31)(H,28,29). The fourth-order valence-electron chi connectivity index (χ4n) is 4.53. The first-order valence-electron chi connectivity index (χ1n) is 11.0. The van der Waals surface area contributed by atoms with Gasteiger partial charge in [0.15, 0.2) is 0 Å². The molecule has 1 saturated carbocycles. The van der Waals surface area contributed by atoms with Crippen molar-refractivity contribution in [3.05, 3.63) is 59.7 Å². The third-order valence-corrected chi connectivity index (χ3v) is 6.54. The Balaban J connectivity index is 1.41. The number of carbonyl (C=O) groups is 3. The van der Waals surface area contributed by atoms with Crippen LogP contribution in [-0.4, -0.2) is 54.2 Å². The summed E-state index contributed by atoms with van der Waals surface area (Å²) in [6.07, 6.45) is 1.97. The van der Waals surface area contributed by atoms with E-state index in [1.807, 2.05) is 24.3 Å². The van der Waals surface area contributed by atoms with E-state index in [-0.39, 0.29) is 37.3 Å². The minimum atomic E-state index is -0.964.